The molecule has 1 fully saturated rings. The number of benzene rings is 1. The van der Waals surface area contributed by atoms with E-state index in [0.29, 0.717) is 24.3 Å². The van der Waals surface area contributed by atoms with Gasteiger partial charge in [0.15, 0.2) is 0 Å². The lowest BCUT2D eigenvalue weighted by Gasteiger charge is -2.57. The maximum absolute atomic E-state index is 12.6. The lowest BCUT2D eigenvalue weighted by atomic mass is 9.54. The quantitative estimate of drug-likeness (QED) is 0.833. The summed E-state index contributed by atoms with van der Waals surface area (Å²) in [6.07, 6.45) is 0.320. The van der Waals surface area contributed by atoms with Crippen LogP contribution in [0.15, 0.2) is 18.2 Å². The number of amides is 1. The van der Waals surface area contributed by atoms with Gasteiger partial charge in [-0.1, -0.05) is 19.9 Å². The smallest absolute Gasteiger partial charge is 0.387 e. The van der Waals surface area contributed by atoms with Gasteiger partial charge in [0.1, 0.15) is 11.3 Å². The zero-order valence-electron chi connectivity index (χ0n) is 14.4. The number of rotatable bonds is 6. The van der Waals surface area contributed by atoms with Crippen LogP contribution in [-0.2, 0) is 9.53 Å². The minimum atomic E-state index is -2.92. The third kappa shape index (κ3) is 3.23. The molecule has 1 aromatic rings. The summed E-state index contributed by atoms with van der Waals surface area (Å²) in [5.41, 5.74) is 5.60. The summed E-state index contributed by atoms with van der Waals surface area (Å²) in [5.74, 6) is -0.343. The number of carbonyl (C=O) groups is 1. The second-order valence-electron chi connectivity index (χ2n) is 6.65. The van der Waals surface area contributed by atoms with Gasteiger partial charge in [-0.3, -0.25) is 4.79 Å². The molecule has 2 rings (SSSR count). The van der Waals surface area contributed by atoms with Crippen molar-refractivity contribution in [2.75, 3.05) is 11.9 Å². The number of anilines is 1. The van der Waals surface area contributed by atoms with E-state index in [-0.39, 0.29) is 17.8 Å². The summed E-state index contributed by atoms with van der Waals surface area (Å²) in [4.78, 5) is 12.6. The summed E-state index contributed by atoms with van der Waals surface area (Å²) in [5, 5.41) is 2.70. The number of alkyl halides is 2. The fraction of sp³-hybridized carbons (Fsp3) is 0.588. The molecule has 0 aromatic heterocycles. The van der Waals surface area contributed by atoms with Crippen molar-refractivity contribution in [3.63, 3.8) is 0 Å². The first kappa shape index (κ1) is 18.6. The molecular formula is C17H24F2N2O3. The molecule has 24 heavy (non-hydrogen) atoms. The van der Waals surface area contributed by atoms with Crippen molar-refractivity contribution in [2.24, 2.45) is 11.1 Å². The van der Waals surface area contributed by atoms with E-state index >= 15 is 0 Å². The maximum Gasteiger partial charge on any atom is 0.387 e. The second kappa shape index (κ2) is 6.64. The number of hydrogen-bond acceptors (Lipinski definition) is 4. The van der Waals surface area contributed by atoms with E-state index in [1.165, 1.54) is 6.07 Å². The van der Waals surface area contributed by atoms with Gasteiger partial charge < -0.3 is 20.5 Å². The number of carbonyl (C=O) groups excluding carboxylic acids is 1. The van der Waals surface area contributed by atoms with Crippen molar-refractivity contribution in [3.8, 4) is 5.75 Å². The predicted octanol–water partition coefficient (Wildman–Crippen LogP) is 3.07. The van der Waals surface area contributed by atoms with Crippen molar-refractivity contribution in [2.45, 2.75) is 52.4 Å². The Bertz CT molecular complexity index is 622. The van der Waals surface area contributed by atoms with Crippen molar-refractivity contribution >= 4 is 11.6 Å². The monoisotopic (exact) mass is 342 g/mol. The molecule has 1 aliphatic rings. The Morgan fingerprint density at radius 3 is 2.67 bits per heavy atom. The number of ether oxygens (including phenoxy) is 2. The van der Waals surface area contributed by atoms with Gasteiger partial charge in [-0.05, 0) is 25.5 Å². The van der Waals surface area contributed by atoms with E-state index in [2.05, 4.69) is 10.1 Å². The molecule has 3 N–H and O–H groups in total. The first-order valence-electron chi connectivity index (χ1n) is 7.89. The highest BCUT2D eigenvalue weighted by atomic mass is 19.3. The summed E-state index contributed by atoms with van der Waals surface area (Å²) < 4.78 is 34.9. The summed E-state index contributed by atoms with van der Waals surface area (Å²) in [7, 11) is 0. The molecule has 0 bridgehead atoms. The van der Waals surface area contributed by atoms with Gasteiger partial charge in [-0.15, -0.1) is 0 Å². The van der Waals surface area contributed by atoms with Crippen molar-refractivity contribution in [1.82, 2.24) is 0 Å². The Balaban J connectivity index is 2.13. The minimum Gasteiger partial charge on any atom is -0.434 e. The first-order chi connectivity index (χ1) is 11.1. The van der Waals surface area contributed by atoms with Crippen molar-refractivity contribution in [1.29, 1.82) is 0 Å². The molecule has 2 atom stereocenters. The average molecular weight is 342 g/mol. The van der Waals surface area contributed by atoms with E-state index in [4.69, 9.17) is 10.5 Å². The van der Waals surface area contributed by atoms with Crippen LogP contribution >= 0.6 is 0 Å². The molecule has 7 heteroatoms. The third-order valence-corrected chi connectivity index (χ3v) is 4.90. The summed E-state index contributed by atoms with van der Waals surface area (Å²) in [6, 6.07) is 4.60. The lowest BCUT2D eigenvalue weighted by Crippen LogP contribution is -2.74. The number of nitrogens with one attached hydrogen (secondary N) is 1. The van der Waals surface area contributed by atoms with E-state index < -0.39 is 17.6 Å². The highest BCUT2D eigenvalue weighted by Crippen LogP contribution is 2.50. The molecule has 1 aliphatic carbocycles. The molecular weight excluding hydrogens is 318 g/mol. The van der Waals surface area contributed by atoms with Gasteiger partial charge in [0.2, 0.25) is 5.91 Å². The van der Waals surface area contributed by atoms with Gasteiger partial charge in [-0.25, -0.2) is 0 Å². The summed E-state index contributed by atoms with van der Waals surface area (Å²) in [6.45, 7) is 4.94. The van der Waals surface area contributed by atoms with Crippen LogP contribution in [0.2, 0.25) is 0 Å². The van der Waals surface area contributed by atoms with Crippen molar-refractivity contribution in [3.05, 3.63) is 23.8 Å². The molecule has 2 unspecified atom stereocenters. The zero-order valence-corrected chi connectivity index (χ0v) is 14.4. The number of hydrogen-bond donors (Lipinski definition) is 2. The van der Waals surface area contributed by atoms with Gasteiger partial charge in [-0.2, -0.15) is 8.78 Å². The second-order valence-corrected chi connectivity index (χ2v) is 6.65. The predicted molar refractivity (Wildman–Crippen MR) is 87.2 cm³/mol. The van der Waals surface area contributed by atoms with Crippen LogP contribution in [0, 0.1) is 12.3 Å². The van der Waals surface area contributed by atoms with Crippen LogP contribution in [0.25, 0.3) is 0 Å². The molecule has 0 aliphatic heterocycles. The van der Waals surface area contributed by atoms with Gasteiger partial charge in [0.05, 0.1) is 6.10 Å². The Morgan fingerprint density at radius 1 is 1.46 bits per heavy atom. The van der Waals surface area contributed by atoms with E-state index in [1.807, 2.05) is 20.8 Å². The molecule has 5 nitrogen and oxygen atoms in total. The van der Waals surface area contributed by atoms with E-state index in [9.17, 15) is 13.6 Å². The molecule has 1 aromatic carbocycles. The zero-order chi connectivity index (χ0) is 18.1. The van der Waals surface area contributed by atoms with Crippen molar-refractivity contribution < 1.29 is 23.0 Å². The highest BCUT2D eigenvalue weighted by molar-refractivity contribution is 6.00. The van der Waals surface area contributed by atoms with Crippen LogP contribution in [0.3, 0.4) is 0 Å². The van der Waals surface area contributed by atoms with Crippen LogP contribution in [0.5, 0.6) is 5.75 Å². The maximum atomic E-state index is 12.6. The Hall–Kier alpha value is -1.73. The SMILES string of the molecule is CCOC1CC(N)(C(=O)Nc2ccc(C)c(OC(F)F)c2)C1(C)C. The normalized spacial score (nSPS) is 25.2. The molecule has 1 amide bonds. The largest absolute Gasteiger partial charge is 0.434 e. The molecule has 0 saturated heterocycles. The van der Waals surface area contributed by atoms with Crippen LogP contribution in [-0.4, -0.2) is 30.8 Å². The topological polar surface area (TPSA) is 73.6 Å². The van der Waals surface area contributed by atoms with Gasteiger partial charge in [0.25, 0.3) is 0 Å². The Morgan fingerprint density at radius 2 is 2.12 bits per heavy atom. The average Bonchev–Trinajstić information content (AvgIpc) is 2.49. The fourth-order valence-electron chi connectivity index (χ4n) is 2.96. The molecule has 0 spiro atoms. The first-order valence-corrected chi connectivity index (χ1v) is 7.89. The minimum absolute atomic E-state index is 0.0222. The Labute approximate surface area is 140 Å². The number of halogens is 2. The van der Waals surface area contributed by atoms with Crippen LogP contribution < -0.4 is 15.8 Å². The number of nitrogens with two attached hydrogens (primary N) is 1. The highest BCUT2D eigenvalue weighted by Gasteiger charge is 2.62. The molecule has 0 radical (unpaired) electrons. The third-order valence-electron chi connectivity index (χ3n) is 4.90. The van der Waals surface area contributed by atoms with Gasteiger partial charge in [0, 0.05) is 30.2 Å². The molecule has 0 heterocycles. The standard InChI is InChI=1S/C17H24F2N2O3/c1-5-23-13-9-17(20,16(13,3)4)14(22)21-11-7-6-10(2)12(8-11)24-15(18)19/h6-8,13,15H,5,9,20H2,1-4H3,(H,21,22). The van der Waals surface area contributed by atoms with Crippen LogP contribution in [0.4, 0.5) is 14.5 Å². The number of aryl methyl sites for hydroxylation is 1. The lowest BCUT2D eigenvalue weighted by molar-refractivity contribution is -0.166. The Kier molecular flexibility index (Phi) is 5.15. The summed E-state index contributed by atoms with van der Waals surface area (Å²) >= 11 is 0. The van der Waals surface area contributed by atoms with E-state index in [0.717, 1.165) is 0 Å². The van der Waals surface area contributed by atoms with E-state index in [1.54, 1.807) is 19.1 Å². The fourth-order valence-corrected chi connectivity index (χ4v) is 2.96. The van der Waals surface area contributed by atoms with Crippen LogP contribution in [0.1, 0.15) is 32.8 Å². The van der Waals surface area contributed by atoms with Gasteiger partial charge >= 0.3 is 6.61 Å². The molecule has 1 saturated carbocycles. The molecule has 134 valence electrons.